The summed E-state index contributed by atoms with van der Waals surface area (Å²) in [6.07, 6.45) is -0.757. The number of amides is 1. The second kappa shape index (κ2) is 13.6. The van der Waals surface area contributed by atoms with Gasteiger partial charge in [-0.3, -0.25) is 0 Å². The van der Waals surface area contributed by atoms with Gasteiger partial charge in [-0.2, -0.15) is 13.2 Å². The van der Waals surface area contributed by atoms with Gasteiger partial charge in [-0.1, -0.05) is 42.5 Å². The summed E-state index contributed by atoms with van der Waals surface area (Å²) in [5, 5.41) is 0. The van der Waals surface area contributed by atoms with E-state index in [1.807, 2.05) is 51.1 Å². The number of carbonyl (C=O) groups is 1. The predicted molar refractivity (Wildman–Crippen MR) is 134 cm³/mol. The molecule has 0 saturated heterocycles. The average molecular weight is 507 g/mol. The molecule has 6 nitrogen and oxygen atoms in total. The molecule has 0 aliphatic heterocycles. The van der Waals surface area contributed by atoms with Crippen molar-refractivity contribution in [2.45, 2.75) is 51.9 Å². The summed E-state index contributed by atoms with van der Waals surface area (Å²) in [5.41, 5.74) is 0.461. The molecule has 0 aromatic heterocycles. The van der Waals surface area contributed by atoms with Crippen molar-refractivity contribution in [3.63, 3.8) is 0 Å². The lowest BCUT2D eigenvalue weighted by molar-refractivity contribution is -0.0770. The summed E-state index contributed by atoms with van der Waals surface area (Å²) in [6.45, 7) is 5.97. The van der Waals surface area contributed by atoms with Crippen LogP contribution in [0.5, 0.6) is 5.75 Å². The van der Waals surface area contributed by atoms with Gasteiger partial charge in [0.2, 0.25) is 0 Å². The highest BCUT2D eigenvalue weighted by atomic mass is 19.4. The summed E-state index contributed by atoms with van der Waals surface area (Å²) in [5.74, 6) is -0.809. The van der Waals surface area contributed by atoms with E-state index in [1.54, 1.807) is 11.0 Å². The topological polar surface area (TPSA) is 60.4 Å². The number of nitrogens with zero attached hydrogens (tertiary/aromatic N) is 2. The lowest BCUT2D eigenvalue weighted by Crippen LogP contribution is -2.37. The lowest BCUT2D eigenvalue weighted by atomic mass is 10.2. The Balaban J connectivity index is 1.89. The first-order chi connectivity index (χ1) is 17.0. The Morgan fingerprint density at radius 1 is 1.00 bits per heavy atom. The Morgan fingerprint density at radius 2 is 1.67 bits per heavy atom. The van der Waals surface area contributed by atoms with Gasteiger partial charge in [0.05, 0.1) is 12.8 Å². The van der Waals surface area contributed by atoms with Gasteiger partial charge in [-0.15, -0.1) is 0 Å². The van der Waals surface area contributed by atoms with Gasteiger partial charge >= 0.3 is 12.3 Å². The molecule has 196 valence electrons. The molecule has 0 N–H and O–H groups in total. The highest BCUT2D eigenvalue weighted by Crippen LogP contribution is 2.24. The summed E-state index contributed by atoms with van der Waals surface area (Å²) < 4.78 is 55.3. The average Bonchev–Trinajstić information content (AvgIpc) is 2.81. The fraction of sp³-hybridized carbons (Fsp3) is 0.407. The number of alkyl halides is 3. The standard InChI is InChI=1S/C27H33F3N2O4/c1-26(2,3)36-25(33)32(20-21-12-8-7-9-13-21)18-10-5-6-11-19-35-24(27(28,29)30)31-22-14-16-23(34-4)17-15-22/h6-9,11-17H,5,10,18-20H2,1-4H3/b11-6-,31-24?. The first-order valence-electron chi connectivity index (χ1n) is 11.6. The maximum absolute atomic E-state index is 13.3. The number of benzene rings is 2. The van der Waals surface area contributed by atoms with E-state index in [4.69, 9.17) is 14.2 Å². The third-order valence-electron chi connectivity index (χ3n) is 4.70. The molecule has 2 aromatic rings. The maximum atomic E-state index is 13.3. The Kier molecular flexibility index (Phi) is 10.8. The van der Waals surface area contributed by atoms with Crippen LogP contribution in [0, 0.1) is 0 Å². The Morgan fingerprint density at radius 3 is 2.25 bits per heavy atom. The third kappa shape index (κ3) is 10.8. The highest BCUT2D eigenvalue weighted by molar-refractivity contribution is 5.84. The third-order valence-corrected chi connectivity index (χ3v) is 4.70. The molecule has 0 aliphatic carbocycles. The number of hydrogen-bond acceptors (Lipinski definition) is 5. The van der Waals surface area contributed by atoms with E-state index in [2.05, 4.69) is 4.99 Å². The molecule has 0 spiro atoms. The second-order valence-corrected chi connectivity index (χ2v) is 8.92. The van der Waals surface area contributed by atoms with Crippen LogP contribution in [-0.4, -0.2) is 48.9 Å². The minimum atomic E-state index is -4.72. The molecule has 0 fully saturated rings. The van der Waals surface area contributed by atoms with Crippen LogP contribution in [0.2, 0.25) is 0 Å². The van der Waals surface area contributed by atoms with E-state index in [1.165, 1.54) is 37.5 Å². The van der Waals surface area contributed by atoms with E-state index in [-0.39, 0.29) is 12.3 Å². The number of halogens is 3. The smallest absolute Gasteiger partial charge is 0.468 e. The van der Waals surface area contributed by atoms with Gasteiger partial charge < -0.3 is 19.1 Å². The molecular weight excluding hydrogens is 473 g/mol. The quantitative estimate of drug-likeness (QED) is 0.150. The van der Waals surface area contributed by atoms with Crippen molar-refractivity contribution in [3.8, 4) is 5.75 Å². The van der Waals surface area contributed by atoms with Crippen molar-refractivity contribution in [1.82, 2.24) is 4.90 Å². The molecule has 0 heterocycles. The van der Waals surface area contributed by atoms with Gasteiger partial charge in [0.15, 0.2) is 0 Å². The van der Waals surface area contributed by atoms with Crippen molar-refractivity contribution in [2.75, 3.05) is 20.3 Å². The van der Waals surface area contributed by atoms with Crippen molar-refractivity contribution < 1.29 is 32.2 Å². The number of unbranched alkanes of at least 4 members (excludes halogenated alkanes) is 1. The molecule has 1 amide bonds. The lowest BCUT2D eigenvalue weighted by Gasteiger charge is -2.27. The first-order valence-corrected chi connectivity index (χ1v) is 11.6. The number of carbonyl (C=O) groups excluding carboxylic acids is 1. The number of aliphatic imine (C=N–C) groups is 1. The van der Waals surface area contributed by atoms with E-state index in [0.717, 1.165) is 5.56 Å². The molecule has 0 saturated carbocycles. The summed E-state index contributed by atoms with van der Waals surface area (Å²) >= 11 is 0. The van der Waals surface area contributed by atoms with Crippen molar-refractivity contribution >= 4 is 17.7 Å². The van der Waals surface area contributed by atoms with Gasteiger partial charge in [0.25, 0.3) is 5.90 Å². The molecule has 36 heavy (non-hydrogen) atoms. The number of hydrogen-bond donors (Lipinski definition) is 0. The van der Waals surface area contributed by atoms with Crippen LogP contribution in [0.25, 0.3) is 0 Å². The molecule has 2 aromatic carbocycles. The van der Waals surface area contributed by atoms with Crippen LogP contribution in [0.15, 0.2) is 71.7 Å². The monoisotopic (exact) mass is 506 g/mol. The van der Waals surface area contributed by atoms with Crippen LogP contribution in [0.3, 0.4) is 0 Å². The number of ether oxygens (including phenoxy) is 3. The van der Waals surface area contributed by atoms with E-state index in [0.29, 0.717) is 31.7 Å². The second-order valence-electron chi connectivity index (χ2n) is 8.92. The van der Waals surface area contributed by atoms with Crippen molar-refractivity contribution in [2.24, 2.45) is 4.99 Å². The zero-order chi connectivity index (χ0) is 26.6. The predicted octanol–water partition coefficient (Wildman–Crippen LogP) is 7.08. The van der Waals surface area contributed by atoms with Crippen molar-refractivity contribution in [1.29, 1.82) is 0 Å². The highest BCUT2D eigenvalue weighted by Gasteiger charge is 2.38. The molecule has 0 bridgehead atoms. The van der Waals surface area contributed by atoms with Crippen LogP contribution < -0.4 is 4.74 Å². The van der Waals surface area contributed by atoms with Crippen molar-refractivity contribution in [3.05, 3.63) is 72.3 Å². The normalized spacial score (nSPS) is 12.5. The maximum Gasteiger partial charge on any atom is 0.468 e. The SMILES string of the molecule is COc1ccc(N=C(OC/C=C\CCCN(Cc2ccccc2)C(=O)OC(C)(C)C)C(F)(F)F)cc1. The molecule has 0 unspecified atom stereocenters. The largest absolute Gasteiger partial charge is 0.497 e. The molecule has 9 heteroatoms. The number of rotatable bonds is 10. The molecule has 2 rings (SSSR count). The number of allylic oxidation sites excluding steroid dienone is 1. The summed E-state index contributed by atoms with van der Waals surface area (Å²) in [6, 6.07) is 15.4. The number of methoxy groups -OCH3 is 1. The van der Waals surface area contributed by atoms with Gasteiger partial charge in [0.1, 0.15) is 18.0 Å². The molecular formula is C27H33F3N2O4. The van der Waals surface area contributed by atoms with E-state index >= 15 is 0 Å². The Labute approximate surface area is 210 Å². The van der Waals surface area contributed by atoms with Crippen LogP contribution >= 0.6 is 0 Å². The first kappa shape index (κ1) is 28.7. The molecule has 0 atom stereocenters. The summed E-state index contributed by atoms with van der Waals surface area (Å²) in [4.78, 5) is 17.8. The summed E-state index contributed by atoms with van der Waals surface area (Å²) in [7, 11) is 1.47. The minimum absolute atomic E-state index is 0.104. The van der Waals surface area contributed by atoms with Gasteiger partial charge in [-0.05, 0) is 63.4 Å². The molecule has 0 radical (unpaired) electrons. The fourth-order valence-electron chi connectivity index (χ4n) is 3.03. The molecule has 0 aliphatic rings. The van der Waals surface area contributed by atoms with E-state index in [9.17, 15) is 18.0 Å². The van der Waals surface area contributed by atoms with Gasteiger partial charge in [0, 0.05) is 13.1 Å². The fourth-order valence-corrected chi connectivity index (χ4v) is 3.03. The Hall–Kier alpha value is -3.49. The van der Waals surface area contributed by atoms with Crippen LogP contribution in [-0.2, 0) is 16.0 Å². The van der Waals surface area contributed by atoms with Gasteiger partial charge in [-0.25, -0.2) is 9.79 Å². The Bertz CT molecular complexity index is 998. The zero-order valence-electron chi connectivity index (χ0n) is 21.0. The minimum Gasteiger partial charge on any atom is -0.497 e. The van der Waals surface area contributed by atoms with Crippen LogP contribution in [0.4, 0.5) is 23.7 Å². The zero-order valence-corrected chi connectivity index (χ0v) is 21.0. The van der Waals surface area contributed by atoms with Crippen LogP contribution in [0.1, 0.15) is 39.2 Å². The van der Waals surface area contributed by atoms with E-state index < -0.39 is 23.8 Å².